The van der Waals surface area contributed by atoms with Crippen LogP contribution in [0.25, 0.3) is 0 Å². The van der Waals surface area contributed by atoms with E-state index in [9.17, 15) is 14.7 Å². The molecule has 140 valence electrons. The molecule has 4 atom stereocenters. The average molecular weight is 347 g/mol. The van der Waals surface area contributed by atoms with Crippen LogP contribution in [0.1, 0.15) is 83.5 Å². The Labute approximate surface area is 151 Å². The Morgan fingerprint density at radius 2 is 1.16 bits per heavy atom. The van der Waals surface area contributed by atoms with Crippen LogP contribution < -0.4 is 0 Å². The van der Waals surface area contributed by atoms with Crippen molar-refractivity contribution < 1.29 is 14.7 Å². The summed E-state index contributed by atoms with van der Waals surface area (Å²) in [6.07, 6.45) is 15.0. The van der Waals surface area contributed by atoms with Crippen LogP contribution in [-0.4, -0.2) is 34.0 Å². The fraction of sp³-hybridized carbons (Fsp3) is 0.905. The van der Waals surface area contributed by atoms with Gasteiger partial charge < -0.3 is 10.0 Å². The predicted molar refractivity (Wildman–Crippen MR) is 96.0 cm³/mol. The molecule has 4 unspecified atom stereocenters. The van der Waals surface area contributed by atoms with Gasteiger partial charge in [-0.3, -0.25) is 9.59 Å². The number of nitrogens with zero attached hydrogens (tertiary/aromatic N) is 1. The molecule has 0 heterocycles. The van der Waals surface area contributed by atoms with Crippen LogP contribution >= 0.6 is 0 Å². The highest BCUT2D eigenvalue weighted by Crippen LogP contribution is 2.53. The lowest BCUT2D eigenvalue weighted by Gasteiger charge is -2.44. The van der Waals surface area contributed by atoms with Gasteiger partial charge in [-0.15, -0.1) is 0 Å². The zero-order chi connectivity index (χ0) is 17.4. The number of fused-ring (bicyclic) bond motifs is 2. The van der Waals surface area contributed by atoms with Crippen molar-refractivity contribution >= 4 is 11.9 Å². The van der Waals surface area contributed by atoms with Crippen LogP contribution in [0.15, 0.2) is 0 Å². The average Bonchev–Trinajstić information content (AvgIpc) is 3.25. The van der Waals surface area contributed by atoms with Gasteiger partial charge >= 0.3 is 5.97 Å². The molecule has 0 aliphatic heterocycles. The molecule has 4 aliphatic rings. The van der Waals surface area contributed by atoms with E-state index in [0.29, 0.717) is 18.0 Å². The van der Waals surface area contributed by atoms with E-state index in [1.54, 1.807) is 0 Å². The Hall–Kier alpha value is -1.06. The summed E-state index contributed by atoms with van der Waals surface area (Å²) in [7, 11) is 0. The lowest BCUT2D eigenvalue weighted by molar-refractivity contribution is -0.156. The van der Waals surface area contributed by atoms with E-state index in [0.717, 1.165) is 44.9 Å². The fourth-order valence-corrected chi connectivity index (χ4v) is 6.55. The highest BCUT2D eigenvalue weighted by atomic mass is 16.4. The Kier molecular flexibility index (Phi) is 5.06. The topological polar surface area (TPSA) is 57.6 Å². The van der Waals surface area contributed by atoms with Crippen LogP contribution in [0.4, 0.5) is 0 Å². The second-order valence-corrected chi connectivity index (χ2v) is 9.05. The first kappa shape index (κ1) is 17.4. The number of hydrogen-bond donors (Lipinski definition) is 1. The third-order valence-corrected chi connectivity index (χ3v) is 7.68. The Bertz CT molecular complexity index is 489. The first-order valence-electron chi connectivity index (χ1n) is 10.7. The van der Waals surface area contributed by atoms with E-state index in [2.05, 4.69) is 4.90 Å². The van der Waals surface area contributed by atoms with Gasteiger partial charge in [0, 0.05) is 12.1 Å². The molecule has 1 amide bonds. The number of aliphatic carboxylic acids is 1. The maximum absolute atomic E-state index is 13.7. The maximum Gasteiger partial charge on any atom is 0.307 e. The number of carbonyl (C=O) groups excluding carboxylic acids is 1. The van der Waals surface area contributed by atoms with Crippen molar-refractivity contribution in [1.29, 1.82) is 0 Å². The zero-order valence-corrected chi connectivity index (χ0v) is 15.4. The van der Waals surface area contributed by atoms with Crippen molar-refractivity contribution in [3.05, 3.63) is 0 Å². The second kappa shape index (κ2) is 7.28. The van der Waals surface area contributed by atoms with Gasteiger partial charge in [-0.1, -0.05) is 38.5 Å². The van der Waals surface area contributed by atoms with Crippen LogP contribution in [-0.2, 0) is 9.59 Å². The molecule has 4 saturated carbocycles. The van der Waals surface area contributed by atoms with Gasteiger partial charge in [0.25, 0.3) is 0 Å². The van der Waals surface area contributed by atoms with Crippen LogP contribution in [0.2, 0.25) is 0 Å². The van der Waals surface area contributed by atoms with Gasteiger partial charge in [-0.25, -0.2) is 0 Å². The molecule has 0 radical (unpaired) electrons. The van der Waals surface area contributed by atoms with Gasteiger partial charge in [0.15, 0.2) is 0 Å². The monoisotopic (exact) mass is 347 g/mol. The minimum atomic E-state index is -0.724. The van der Waals surface area contributed by atoms with E-state index in [1.165, 1.54) is 38.5 Å². The van der Waals surface area contributed by atoms with Crippen molar-refractivity contribution in [3.8, 4) is 0 Å². The standard InChI is InChI=1S/C21H33NO3/c23-20(18-14-11-12-15(13-14)19(18)21(24)25)22(16-7-3-1-4-8-16)17-9-5-2-6-10-17/h14-19H,1-13H2,(H,24,25). The lowest BCUT2D eigenvalue weighted by Crippen LogP contribution is -2.53. The molecular weight excluding hydrogens is 314 g/mol. The summed E-state index contributed by atoms with van der Waals surface area (Å²) < 4.78 is 0. The van der Waals surface area contributed by atoms with Crippen LogP contribution in [0.5, 0.6) is 0 Å². The number of carbonyl (C=O) groups is 2. The van der Waals surface area contributed by atoms with Crippen molar-refractivity contribution in [2.24, 2.45) is 23.7 Å². The summed E-state index contributed by atoms with van der Waals surface area (Å²) in [5.74, 6) is -0.582. The summed E-state index contributed by atoms with van der Waals surface area (Å²) in [6, 6.07) is 0.746. The minimum Gasteiger partial charge on any atom is -0.481 e. The SMILES string of the molecule is O=C(O)C1C2CCC(C2)C1C(=O)N(C1CCCCC1)C1CCCCC1. The Balaban J connectivity index is 1.59. The van der Waals surface area contributed by atoms with E-state index in [4.69, 9.17) is 0 Å². The molecule has 4 nitrogen and oxygen atoms in total. The third kappa shape index (κ3) is 3.21. The Morgan fingerprint density at radius 3 is 1.64 bits per heavy atom. The van der Waals surface area contributed by atoms with Crippen molar-refractivity contribution in [2.45, 2.75) is 95.6 Å². The number of rotatable bonds is 4. The summed E-state index contributed by atoms with van der Waals surface area (Å²) >= 11 is 0. The summed E-state index contributed by atoms with van der Waals surface area (Å²) in [5.41, 5.74) is 0. The Morgan fingerprint density at radius 1 is 0.680 bits per heavy atom. The molecule has 0 aromatic rings. The van der Waals surface area contributed by atoms with Crippen LogP contribution in [0.3, 0.4) is 0 Å². The quantitative estimate of drug-likeness (QED) is 0.828. The zero-order valence-electron chi connectivity index (χ0n) is 15.4. The normalized spacial score (nSPS) is 36.5. The molecule has 0 aromatic carbocycles. The third-order valence-electron chi connectivity index (χ3n) is 7.68. The van der Waals surface area contributed by atoms with E-state index in [-0.39, 0.29) is 17.7 Å². The predicted octanol–water partition coefficient (Wildman–Crippen LogP) is 4.23. The smallest absolute Gasteiger partial charge is 0.307 e. The maximum atomic E-state index is 13.7. The summed E-state index contributed by atoms with van der Waals surface area (Å²) in [6.45, 7) is 0. The van der Waals surface area contributed by atoms with Crippen molar-refractivity contribution in [1.82, 2.24) is 4.90 Å². The number of carboxylic acids is 1. The van der Waals surface area contributed by atoms with Gasteiger partial charge in [-0.2, -0.15) is 0 Å². The number of carboxylic acid groups (broad SMARTS) is 1. The lowest BCUT2D eigenvalue weighted by atomic mass is 9.77. The highest BCUT2D eigenvalue weighted by Gasteiger charge is 2.55. The molecule has 1 N–H and O–H groups in total. The summed E-state index contributed by atoms with van der Waals surface area (Å²) in [4.78, 5) is 27.9. The molecule has 0 spiro atoms. The van der Waals surface area contributed by atoms with Crippen LogP contribution in [0, 0.1) is 23.7 Å². The summed E-state index contributed by atoms with van der Waals surface area (Å²) in [5, 5.41) is 9.79. The molecule has 0 saturated heterocycles. The molecule has 2 bridgehead atoms. The molecule has 4 heteroatoms. The van der Waals surface area contributed by atoms with E-state index >= 15 is 0 Å². The number of amides is 1. The van der Waals surface area contributed by atoms with E-state index < -0.39 is 11.9 Å². The molecule has 0 aromatic heterocycles. The highest BCUT2D eigenvalue weighted by molar-refractivity contribution is 5.86. The van der Waals surface area contributed by atoms with E-state index in [1.807, 2.05) is 0 Å². The van der Waals surface area contributed by atoms with Gasteiger partial charge in [0.1, 0.15) is 0 Å². The molecule has 25 heavy (non-hydrogen) atoms. The number of hydrogen-bond acceptors (Lipinski definition) is 2. The van der Waals surface area contributed by atoms with Gasteiger partial charge in [0.2, 0.25) is 5.91 Å². The van der Waals surface area contributed by atoms with Gasteiger partial charge in [0.05, 0.1) is 11.8 Å². The molecule has 4 fully saturated rings. The van der Waals surface area contributed by atoms with Gasteiger partial charge in [-0.05, 0) is 56.8 Å². The molecule has 4 aliphatic carbocycles. The molecule has 4 rings (SSSR count). The molecular formula is C21H33NO3. The second-order valence-electron chi connectivity index (χ2n) is 9.05. The first-order valence-corrected chi connectivity index (χ1v) is 10.7. The minimum absolute atomic E-state index is 0.221. The van der Waals surface area contributed by atoms with Crippen molar-refractivity contribution in [2.75, 3.05) is 0 Å². The largest absolute Gasteiger partial charge is 0.481 e. The fourth-order valence-electron chi connectivity index (χ4n) is 6.55. The first-order chi connectivity index (χ1) is 12.2. The van der Waals surface area contributed by atoms with Crippen molar-refractivity contribution in [3.63, 3.8) is 0 Å².